The lowest BCUT2D eigenvalue weighted by atomic mass is 9.98. The van der Waals surface area contributed by atoms with Gasteiger partial charge in [0.2, 0.25) is 0 Å². The first-order valence-corrected chi connectivity index (χ1v) is 7.90. The van der Waals surface area contributed by atoms with Crippen molar-refractivity contribution in [3.05, 3.63) is 71.7 Å². The second-order valence-electron chi connectivity index (χ2n) is 5.63. The molecule has 0 saturated heterocycles. The van der Waals surface area contributed by atoms with Gasteiger partial charge in [-0.2, -0.15) is 0 Å². The van der Waals surface area contributed by atoms with E-state index in [1.54, 1.807) is 42.5 Å². The summed E-state index contributed by atoms with van der Waals surface area (Å²) in [5.41, 5.74) is 2.56. The number of aromatic carboxylic acids is 1. The lowest BCUT2D eigenvalue weighted by Gasteiger charge is -2.15. The predicted octanol–water partition coefficient (Wildman–Crippen LogP) is 4.65. The summed E-state index contributed by atoms with van der Waals surface area (Å²) in [5.74, 6) is -1.13. The first-order chi connectivity index (χ1) is 12.5. The number of anilines is 2. The number of carboxylic acids is 1. The van der Waals surface area contributed by atoms with Gasteiger partial charge in [-0.3, -0.25) is 0 Å². The summed E-state index contributed by atoms with van der Waals surface area (Å²) >= 11 is 0. The molecule has 5 nitrogen and oxygen atoms in total. The standard InChI is InChI=1S/C20H17FN2O3/c1-12-13(14-7-4-10-17(26-2)18(14)21)6-3-9-16(12)23-19-15(20(24)25)8-5-11-22-19/h3-11H,1-2H3,(H,22,23)(H,24,25). The van der Waals surface area contributed by atoms with Gasteiger partial charge in [0.1, 0.15) is 11.4 Å². The minimum absolute atomic E-state index is 0.0601. The van der Waals surface area contributed by atoms with Gasteiger partial charge in [0, 0.05) is 17.4 Å². The van der Waals surface area contributed by atoms with Crippen LogP contribution in [0.15, 0.2) is 54.7 Å². The second kappa shape index (κ2) is 7.23. The molecule has 0 fully saturated rings. The number of pyridine rings is 1. The van der Waals surface area contributed by atoms with Gasteiger partial charge in [0.25, 0.3) is 0 Å². The van der Waals surface area contributed by atoms with Gasteiger partial charge in [0.15, 0.2) is 11.6 Å². The van der Waals surface area contributed by atoms with E-state index in [1.807, 2.05) is 6.92 Å². The zero-order chi connectivity index (χ0) is 18.7. The molecule has 132 valence electrons. The van der Waals surface area contributed by atoms with E-state index in [0.717, 1.165) is 5.56 Å². The molecule has 1 heterocycles. The Balaban J connectivity index is 2.06. The summed E-state index contributed by atoms with van der Waals surface area (Å²) in [6.45, 7) is 1.83. The number of nitrogens with zero attached hydrogens (tertiary/aromatic N) is 1. The van der Waals surface area contributed by atoms with Crippen molar-refractivity contribution in [1.29, 1.82) is 0 Å². The van der Waals surface area contributed by atoms with E-state index in [4.69, 9.17) is 4.74 Å². The molecule has 0 radical (unpaired) electrons. The molecule has 3 rings (SSSR count). The number of carboxylic acid groups (broad SMARTS) is 1. The third kappa shape index (κ3) is 3.21. The number of aromatic nitrogens is 1. The number of rotatable bonds is 5. The molecule has 0 bridgehead atoms. The Morgan fingerprint density at radius 3 is 2.58 bits per heavy atom. The zero-order valence-corrected chi connectivity index (χ0v) is 14.3. The number of benzene rings is 2. The molecule has 0 aliphatic rings. The first-order valence-electron chi connectivity index (χ1n) is 7.90. The quantitative estimate of drug-likeness (QED) is 0.699. The maximum Gasteiger partial charge on any atom is 0.339 e. The van der Waals surface area contributed by atoms with E-state index < -0.39 is 11.8 Å². The van der Waals surface area contributed by atoms with E-state index in [0.29, 0.717) is 16.8 Å². The third-order valence-corrected chi connectivity index (χ3v) is 4.10. The summed E-state index contributed by atoms with van der Waals surface area (Å²) in [6.07, 6.45) is 1.51. The Bertz CT molecular complexity index is 973. The van der Waals surface area contributed by atoms with Crippen molar-refractivity contribution >= 4 is 17.5 Å². The van der Waals surface area contributed by atoms with Crippen LogP contribution in [0.2, 0.25) is 0 Å². The Morgan fingerprint density at radius 1 is 1.12 bits per heavy atom. The highest BCUT2D eigenvalue weighted by Crippen LogP contribution is 2.34. The summed E-state index contributed by atoms with van der Waals surface area (Å²) in [6, 6.07) is 13.3. The Kier molecular flexibility index (Phi) is 4.84. The molecule has 1 aromatic heterocycles. The lowest BCUT2D eigenvalue weighted by Crippen LogP contribution is -2.05. The minimum Gasteiger partial charge on any atom is -0.494 e. The van der Waals surface area contributed by atoms with Crippen LogP contribution in [0.1, 0.15) is 15.9 Å². The van der Waals surface area contributed by atoms with E-state index in [2.05, 4.69) is 10.3 Å². The third-order valence-electron chi connectivity index (χ3n) is 4.10. The van der Waals surface area contributed by atoms with Crippen molar-refractivity contribution in [3.63, 3.8) is 0 Å². The molecule has 2 aromatic carbocycles. The predicted molar refractivity (Wildman–Crippen MR) is 97.6 cm³/mol. The molecule has 0 unspecified atom stereocenters. The molecule has 0 aliphatic heterocycles. The van der Waals surface area contributed by atoms with E-state index >= 15 is 0 Å². The molecule has 2 N–H and O–H groups in total. The normalized spacial score (nSPS) is 10.4. The number of hydrogen-bond donors (Lipinski definition) is 2. The summed E-state index contributed by atoms with van der Waals surface area (Å²) in [4.78, 5) is 15.5. The maximum atomic E-state index is 14.6. The maximum absolute atomic E-state index is 14.6. The highest BCUT2D eigenvalue weighted by atomic mass is 19.1. The monoisotopic (exact) mass is 352 g/mol. The minimum atomic E-state index is -1.08. The van der Waals surface area contributed by atoms with Crippen LogP contribution in [-0.2, 0) is 0 Å². The van der Waals surface area contributed by atoms with E-state index in [-0.39, 0.29) is 17.1 Å². The SMILES string of the molecule is COc1cccc(-c2cccc(Nc3ncccc3C(=O)O)c2C)c1F. The number of carbonyl (C=O) groups is 1. The smallest absolute Gasteiger partial charge is 0.339 e. The molecular weight excluding hydrogens is 335 g/mol. The van der Waals surface area contributed by atoms with Crippen LogP contribution in [0, 0.1) is 12.7 Å². The summed E-state index contributed by atoms with van der Waals surface area (Å²) < 4.78 is 19.7. The van der Waals surface area contributed by atoms with Crippen molar-refractivity contribution < 1.29 is 19.0 Å². The molecule has 0 spiro atoms. The fourth-order valence-corrected chi connectivity index (χ4v) is 2.74. The van der Waals surface area contributed by atoms with Gasteiger partial charge in [-0.15, -0.1) is 0 Å². The van der Waals surface area contributed by atoms with Crippen molar-refractivity contribution in [2.45, 2.75) is 6.92 Å². The van der Waals surface area contributed by atoms with Gasteiger partial charge < -0.3 is 15.2 Å². The Hall–Kier alpha value is -3.41. The van der Waals surface area contributed by atoms with Crippen LogP contribution < -0.4 is 10.1 Å². The number of ether oxygens (including phenoxy) is 1. The second-order valence-corrected chi connectivity index (χ2v) is 5.63. The average molecular weight is 352 g/mol. The molecule has 0 atom stereocenters. The highest BCUT2D eigenvalue weighted by Gasteiger charge is 2.16. The average Bonchev–Trinajstić information content (AvgIpc) is 2.64. The van der Waals surface area contributed by atoms with Crippen LogP contribution in [-0.4, -0.2) is 23.2 Å². The molecule has 0 amide bonds. The van der Waals surface area contributed by atoms with Gasteiger partial charge in [-0.1, -0.05) is 24.3 Å². The van der Waals surface area contributed by atoms with E-state index in [9.17, 15) is 14.3 Å². The molecule has 0 saturated carbocycles. The van der Waals surface area contributed by atoms with Crippen molar-refractivity contribution in [1.82, 2.24) is 4.98 Å². The number of methoxy groups -OCH3 is 1. The van der Waals surface area contributed by atoms with Gasteiger partial charge in [0.05, 0.1) is 7.11 Å². The first kappa shape index (κ1) is 17.4. The van der Waals surface area contributed by atoms with Crippen LogP contribution in [0.4, 0.5) is 15.9 Å². The topological polar surface area (TPSA) is 71.5 Å². The van der Waals surface area contributed by atoms with Gasteiger partial charge in [-0.25, -0.2) is 14.2 Å². The van der Waals surface area contributed by atoms with Crippen molar-refractivity contribution in [2.75, 3.05) is 12.4 Å². The molecule has 3 aromatic rings. The number of nitrogens with one attached hydrogen (secondary N) is 1. The summed E-state index contributed by atoms with van der Waals surface area (Å²) in [5, 5.41) is 12.3. The summed E-state index contributed by atoms with van der Waals surface area (Å²) in [7, 11) is 1.42. The fourth-order valence-electron chi connectivity index (χ4n) is 2.74. The fraction of sp³-hybridized carbons (Fsp3) is 0.100. The van der Waals surface area contributed by atoms with E-state index in [1.165, 1.54) is 19.4 Å². The van der Waals surface area contributed by atoms with Crippen molar-refractivity contribution in [2.24, 2.45) is 0 Å². The number of hydrogen-bond acceptors (Lipinski definition) is 4. The van der Waals surface area contributed by atoms with Crippen molar-refractivity contribution in [3.8, 4) is 16.9 Å². The highest BCUT2D eigenvalue weighted by molar-refractivity contribution is 5.94. The lowest BCUT2D eigenvalue weighted by molar-refractivity contribution is 0.0697. The van der Waals surface area contributed by atoms with Crippen LogP contribution >= 0.6 is 0 Å². The van der Waals surface area contributed by atoms with Crippen LogP contribution in [0.5, 0.6) is 5.75 Å². The molecular formula is C20H17FN2O3. The molecule has 26 heavy (non-hydrogen) atoms. The largest absolute Gasteiger partial charge is 0.494 e. The van der Waals surface area contributed by atoms with Crippen LogP contribution in [0.3, 0.4) is 0 Å². The molecule has 6 heteroatoms. The number of halogens is 1. The zero-order valence-electron chi connectivity index (χ0n) is 14.3. The van der Waals surface area contributed by atoms with Gasteiger partial charge >= 0.3 is 5.97 Å². The van der Waals surface area contributed by atoms with Gasteiger partial charge in [-0.05, 0) is 42.3 Å². The Labute approximate surface area is 150 Å². The Morgan fingerprint density at radius 2 is 1.85 bits per heavy atom. The van der Waals surface area contributed by atoms with Crippen LogP contribution in [0.25, 0.3) is 11.1 Å². The molecule has 0 aliphatic carbocycles.